The summed E-state index contributed by atoms with van der Waals surface area (Å²) in [6, 6.07) is 25.5. The van der Waals surface area contributed by atoms with Crippen molar-refractivity contribution in [2.45, 2.75) is 20.8 Å². The van der Waals surface area contributed by atoms with Crippen molar-refractivity contribution in [2.75, 3.05) is 0 Å². The molecule has 1 heterocycles. The lowest BCUT2D eigenvalue weighted by atomic mass is 10.0. The van der Waals surface area contributed by atoms with Crippen molar-refractivity contribution in [1.82, 2.24) is 4.98 Å². The van der Waals surface area contributed by atoms with Gasteiger partial charge in [0.15, 0.2) is 0 Å². The predicted molar refractivity (Wildman–Crippen MR) is 113 cm³/mol. The molecule has 26 heavy (non-hydrogen) atoms. The molecule has 4 aromatic rings. The molecule has 0 aliphatic heterocycles. The van der Waals surface area contributed by atoms with Gasteiger partial charge in [0.25, 0.3) is 0 Å². The molecule has 3 aromatic carbocycles. The summed E-state index contributed by atoms with van der Waals surface area (Å²) < 4.78 is 0. The predicted octanol–water partition coefficient (Wildman–Crippen LogP) is 7.07. The molecule has 0 atom stereocenters. The third kappa shape index (κ3) is 3.09. The zero-order valence-electron chi connectivity index (χ0n) is 15.3. The van der Waals surface area contributed by atoms with Crippen LogP contribution >= 0.6 is 11.3 Å². The minimum atomic E-state index is 1.07. The highest BCUT2D eigenvalue weighted by Gasteiger charge is 2.18. The van der Waals surface area contributed by atoms with E-state index in [1.54, 1.807) is 11.3 Å². The maximum Gasteiger partial charge on any atom is 0.125 e. The van der Waals surface area contributed by atoms with Gasteiger partial charge < -0.3 is 0 Å². The summed E-state index contributed by atoms with van der Waals surface area (Å²) in [4.78, 5) is 6.32. The zero-order chi connectivity index (χ0) is 18.1. The van der Waals surface area contributed by atoms with Gasteiger partial charge in [0.2, 0.25) is 0 Å². The third-order valence-corrected chi connectivity index (χ3v) is 5.72. The summed E-state index contributed by atoms with van der Waals surface area (Å²) in [5, 5.41) is 1.10. The lowest BCUT2D eigenvalue weighted by Gasteiger charge is -2.08. The summed E-state index contributed by atoms with van der Waals surface area (Å²) in [5.74, 6) is 0. The number of hydrogen-bond donors (Lipinski definition) is 0. The number of nitrogens with zero attached hydrogens (tertiary/aromatic N) is 1. The number of hydrogen-bond acceptors (Lipinski definition) is 2. The van der Waals surface area contributed by atoms with Crippen LogP contribution < -0.4 is 0 Å². The van der Waals surface area contributed by atoms with Crippen LogP contribution in [0.4, 0.5) is 0 Å². The number of rotatable bonds is 3. The van der Waals surface area contributed by atoms with Crippen LogP contribution in [0.1, 0.15) is 16.7 Å². The highest BCUT2D eigenvalue weighted by Crippen LogP contribution is 2.42. The molecule has 0 unspecified atom stereocenters. The maximum atomic E-state index is 5.10. The van der Waals surface area contributed by atoms with E-state index in [0.29, 0.717) is 0 Å². The molecule has 0 amide bonds. The van der Waals surface area contributed by atoms with Crippen molar-refractivity contribution in [2.24, 2.45) is 0 Å². The highest BCUT2D eigenvalue weighted by molar-refractivity contribution is 7.19. The minimum absolute atomic E-state index is 1.07. The van der Waals surface area contributed by atoms with Crippen molar-refractivity contribution >= 4 is 11.3 Å². The Morgan fingerprint density at radius 3 is 1.81 bits per heavy atom. The van der Waals surface area contributed by atoms with Crippen LogP contribution in [0.5, 0.6) is 0 Å². The van der Waals surface area contributed by atoms with Crippen LogP contribution in [0, 0.1) is 20.8 Å². The molecule has 1 nitrogen and oxygen atoms in total. The highest BCUT2D eigenvalue weighted by atomic mass is 32.1. The summed E-state index contributed by atoms with van der Waals surface area (Å²) in [6.45, 7) is 6.51. The van der Waals surface area contributed by atoms with E-state index in [4.69, 9.17) is 4.98 Å². The van der Waals surface area contributed by atoms with Crippen molar-refractivity contribution in [3.05, 3.63) is 89.5 Å². The molecule has 4 rings (SSSR count). The SMILES string of the molecule is Cc1cc(C)c(-c2nc(-c3ccccc3)c(-c3ccccc3)s2)c(C)c1. The zero-order valence-corrected chi connectivity index (χ0v) is 16.1. The van der Waals surface area contributed by atoms with Gasteiger partial charge in [0.05, 0.1) is 10.6 Å². The first-order chi connectivity index (χ1) is 12.6. The Morgan fingerprint density at radius 1 is 0.692 bits per heavy atom. The van der Waals surface area contributed by atoms with Crippen LogP contribution in [-0.4, -0.2) is 4.98 Å². The van der Waals surface area contributed by atoms with E-state index in [-0.39, 0.29) is 0 Å². The second-order valence-corrected chi connectivity index (χ2v) is 7.70. The molecule has 0 fully saturated rings. The first kappa shape index (κ1) is 16.7. The van der Waals surface area contributed by atoms with E-state index in [0.717, 1.165) is 16.3 Å². The van der Waals surface area contributed by atoms with Crippen LogP contribution in [0.3, 0.4) is 0 Å². The lowest BCUT2D eigenvalue weighted by Crippen LogP contribution is -1.89. The summed E-state index contributed by atoms with van der Waals surface area (Å²) in [7, 11) is 0. The van der Waals surface area contributed by atoms with Gasteiger partial charge in [-0.05, 0) is 37.5 Å². The molecule has 0 aliphatic carbocycles. The van der Waals surface area contributed by atoms with Crippen molar-refractivity contribution in [3.8, 4) is 32.3 Å². The standard InChI is InChI=1S/C24H21NS/c1-16-14-17(2)21(18(3)15-16)24-25-22(19-10-6-4-7-11-19)23(26-24)20-12-8-5-9-13-20/h4-15H,1-3H3. The van der Waals surface area contributed by atoms with Crippen LogP contribution in [0.15, 0.2) is 72.8 Å². The van der Waals surface area contributed by atoms with Crippen LogP contribution in [-0.2, 0) is 0 Å². The van der Waals surface area contributed by atoms with Crippen LogP contribution in [0.2, 0.25) is 0 Å². The summed E-state index contributed by atoms with van der Waals surface area (Å²) >= 11 is 1.78. The topological polar surface area (TPSA) is 12.9 Å². The van der Waals surface area contributed by atoms with E-state index in [2.05, 4.69) is 87.5 Å². The monoisotopic (exact) mass is 355 g/mol. The smallest absolute Gasteiger partial charge is 0.125 e. The number of thiazole rings is 1. The van der Waals surface area contributed by atoms with Gasteiger partial charge in [0.1, 0.15) is 5.01 Å². The molecular weight excluding hydrogens is 334 g/mol. The van der Waals surface area contributed by atoms with Gasteiger partial charge in [-0.25, -0.2) is 4.98 Å². The molecule has 0 bridgehead atoms. The molecule has 0 radical (unpaired) electrons. The summed E-state index contributed by atoms with van der Waals surface area (Å²) in [6.07, 6.45) is 0. The van der Waals surface area contributed by atoms with Gasteiger partial charge in [-0.1, -0.05) is 78.4 Å². The summed E-state index contributed by atoms with van der Waals surface area (Å²) in [5.41, 5.74) is 8.59. The minimum Gasteiger partial charge on any atom is -0.235 e. The molecule has 0 spiro atoms. The van der Waals surface area contributed by atoms with Gasteiger partial charge >= 0.3 is 0 Å². The average Bonchev–Trinajstić information content (AvgIpc) is 3.07. The fourth-order valence-corrected chi connectivity index (χ4v) is 4.79. The first-order valence-electron chi connectivity index (χ1n) is 8.83. The van der Waals surface area contributed by atoms with Crippen molar-refractivity contribution in [3.63, 3.8) is 0 Å². The maximum absolute atomic E-state index is 5.10. The Kier molecular flexibility index (Phi) is 4.44. The first-order valence-corrected chi connectivity index (χ1v) is 9.65. The number of aryl methyl sites for hydroxylation is 3. The Hall–Kier alpha value is -2.71. The lowest BCUT2D eigenvalue weighted by molar-refractivity contribution is 1.30. The van der Waals surface area contributed by atoms with E-state index >= 15 is 0 Å². The average molecular weight is 356 g/mol. The van der Waals surface area contributed by atoms with Gasteiger partial charge in [-0.3, -0.25) is 0 Å². The van der Waals surface area contributed by atoms with E-state index in [9.17, 15) is 0 Å². The second kappa shape index (κ2) is 6.89. The van der Waals surface area contributed by atoms with Crippen molar-refractivity contribution in [1.29, 1.82) is 0 Å². The third-order valence-electron chi connectivity index (χ3n) is 4.60. The Morgan fingerprint density at radius 2 is 1.23 bits per heavy atom. The number of aromatic nitrogens is 1. The Balaban J connectivity index is 1.96. The van der Waals surface area contributed by atoms with E-state index in [1.807, 2.05) is 6.07 Å². The molecule has 0 saturated heterocycles. The van der Waals surface area contributed by atoms with Crippen LogP contribution in [0.25, 0.3) is 32.3 Å². The normalized spacial score (nSPS) is 10.9. The molecule has 0 N–H and O–H groups in total. The molecule has 2 heteroatoms. The molecule has 0 aliphatic rings. The largest absolute Gasteiger partial charge is 0.235 e. The molecule has 128 valence electrons. The van der Waals surface area contributed by atoms with E-state index in [1.165, 1.54) is 32.7 Å². The fraction of sp³-hybridized carbons (Fsp3) is 0.125. The molecular formula is C24H21NS. The Bertz CT molecular complexity index is 966. The quantitative estimate of drug-likeness (QED) is 0.383. The van der Waals surface area contributed by atoms with Gasteiger partial charge in [-0.2, -0.15) is 0 Å². The van der Waals surface area contributed by atoms with Gasteiger partial charge in [-0.15, -0.1) is 11.3 Å². The Labute approximate surface area is 159 Å². The van der Waals surface area contributed by atoms with Gasteiger partial charge in [0, 0.05) is 11.1 Å². The van der Waals surface area contributed by atoms with E-state index < -0.39 is 0 Å². The molecule has 0 saturated carbocycles. The fourth-order valence-electron chi connectivity index (χ4n) is 3.52. The van der Waals surface area contributed by atoms with Crippen molar-refractivity contribution < 1.29 is 0 Å². The number of benzene rings is 3. The second-order valence-electron chi connectivity index (χ2n) is 6.70. The molecule has 1 aromatic heterocycles.